The molecular weight excluding hydrogens is 294 g/mol. The van der Waals surface area contributed by atoms with E-state index in [1.165, 1.54) is 6.07 Å². The molecule has 0 atom stereocenters. The summed E-state index contributed by atoms with van der Waals surface area (Å²) in [5.41, 5.74) is 1.22. The fourth-order valence-corrected chi connectivity index (χ4v) is 3.01. The molecule has 0 bridgehead atoms. The van der Waals surface area contributed by atoms with E-state index in [4.69, 9.17) is 4.74 Å². The van der Waals surface area contributed by atoms with E-state index in [9.17, 15) is 17.8 Å². The van der Waals surface area contributed by atoms with Crippen LogP contribution in [-0.2, 0) is 27.7 Å². The molecule has 2 N–H and O–H groups in total. The number of aryl methyl sites for hydroxylation is 2. The summed E-state index contributed by atoms with van der Waals surface area (Å²) in [6.07, 6.45) is 1.76. The Labute approximate surface area is 124 Å². The maximum Gasteiger partial charge on any atom is 0.412 e. The van der Waals surface area contributed by atoms with Gasteiger partial charge in [-0.1, -0.05) is 0 Å². The second kappa shape index (κ2) is 5.31. The molecule has 0 radical (unpaired) electrons. The molecule has 0 fully saturated rings. The van der Waals surface area contributed by atoms with E-state index in [1.807, 2.05) is 0 Å². The van der Waals surface area contributed by atoms with Crippen molar-refractivity contribution in [3.05, 3.63) is 23.3 Å². The van der Waals surface area contributed by atoms with E-state index >= 15 is 0 Å². The first-order valence-corrected chi connectivity index (χ1v) is 8.13. The Hall–Kier alpha value is -1.60. The lowest BCUT2D eigenvalue weighted by Crippen LogP contribution is -2.27. The van der Waals surface area contributed by atoms with E-state index in [1.54, 1.807) is 26.8 Å². The van der Waals surface area contributed by atoms with Gasteiger partial charge in [-0.3, -0.25) is 9.87 Å². The van der Waals surface area contributed by atoms with Crippen LogP contribution in [0.2, 0.25) is 0 Å². The molecule has 0 aliphatic heterocycles. The second-order valence-electron chi connectivity index (χ2n) is 6.07. The first-order chi connectivity index (χ1) is 9.56. The molecule has 0 saturated carbocycles. The van der Waals surface area contributed by atoms with Crippen LogP contribution in [0.1, 0.15) is 38.3 Å². The van der Waals surface area contributed by atoms with Gasteiger partial charge in [0.1, 0.15) is 10.5 Å². The number of amides is 1. The molecule has 0 unspecified atom stereocenters. The van der Waals surface area contributed by atoms with Crippen LogP contribution in [0.25, 0.3) is 0 Å². The number of hydrogen-bond acceptors (Lipinski definition) is 4. The van der Waals surface area contributed by atoms with Crippen LogP contribution >= 0.6 is 0 Å². The van der Waals surface area contributed by atoms with Gasteiger partial charge < -0.3 is 4.74 Å². The topological polar surface area (TPSA) is 92.7 Å². The molecule has 1 aliphatic carbocycles. The summed E-state index contributed by atoms with van der Waals surface area (Å²) < 4.78 is 37.4. The summed E-state index contributed by atoms with van der Waals surface area (Å²) in [5.74, 6) is 0. The lowest BCUT2D eigenvalue weighted by Gasteiger charge is -2.20. The molecule has 1 aromatic carbocycles. The van der Waals surface area contributed by atoms with Gasteiger partial charge in [0.2, 0.25) is 0 Å². The average molecular weight is 313 g/mol. The summed E-state index contributed by atoms with van der Waals surface area (Å²) in [6, 6.07) is 3.01. The normalized spacial score (nSPS) is 14.7. The lowest BCUT2D eigenvalue weighted by atomic mass is 10.1. The molecule has 6 nitrogen and oxygen atoms in total. The Morgan fingerprint density at radius 1 is 1.24 bits per heavy atom. The molecule has 0 spiro atoms. The Balaban J connectivity index is 2.36. The predicted molar refractivity (Wildman–Crippen MR) is 78.1 cm³/mol. The molecule has 1 aliphatic rings. The smallest absolute Gasteiger partial charge is 0.412 e. The number of anilines is 1. The van der Waals surface area contributed by atoms with Gasteiger partial charge in [-0.2, -0.15) is 8.42 Å². The van der Waals surface area contributed by atoms with E-state index < -0.39 is 21.8 Å². The minimum atomic E-state index is -4.41. The van der Waals surface area contributed by atoms with E-state index in [0.29, 0.717) is 0 Å². The highest BCUT2D eigenvalue weighted by molar-refractivity contribution is 7.86. The molecule has 0 heterocycles. The Morgan fingerprint density at radius 2 is 1.81 bits per heavy atom. The van der Waals surface area contributed by atoms with Gasteiger partial charge in [0.25, 0.3) is 10.1 Å². The van der Waals surface area contributed by atoms with Crippen LogP contribution in [0.4, 0.5) is 10.5 Å². The minimum Gasteiger partial charge on any atom is -0.444 e. The summed E-state index contributed by atoms with van der Waals surface area (Å²) >= 11 is 0. The van der Waals surface area contributed by atoms with Crippen molar-refractivity contribution < 1.29 is 22.5 Å². The number of rotatable bonds is 2. The van der Waals surface area contributed by atoms with Crippen LogP contribution in [0.5, 0.6) is 0 Å². The molecule has 0 aromatic heterocycles. The highest BCUT2D eigenvalue weighted by Gasteiger charge is 2.24. The van der Waals surface area contributed by atoms with Crippen molar-refractivity contribution in [1.82, 2.24) is 0 Å². The van der Waals surface area contributed by atoms with Gasteiger partial charge in [-0.25, -0.2) is 4.79 Å². The van der Waals surface area contributed by atoms with Gasteiger partial charge in [-0.15, -0.1) is 0 Å². The Kier molecular flexibility index (Phi) is 3.99. The number of ether oxygens (including phenoxy) is 1. The number of nitrogens with one attached hydrogen (secondary N) is 1. The molecule has 1 aromatic rings. The standard InChI is InChI=1S/C14H19NO5S/c1-14(2,3)20-13(16)15-11-7-9-5-4-6-10(9)8-12(11)21(17,18)19/h7-8H,4-6H2,1-3H3,(H,15,16)(H,17,18,19). The second-order valence-corrected chi connectivity index (χ2v) is 7.46. The third kappa shape index (κ3) is 3.95. The van der Waals surface area contributed by atoms with Crippen molar-refractivity contribution in [2.45, 2.75) is 50.5 Å². The van der Waals surface area contributed by atoms with Crippen LogP contribution in [0.15, 0.2) is 17.0 Å². The molecule has 2 rings (SSSR count). The zero-order chi connectivity index (χ0) is 15.8. The van der Waals surface area contributed by atoms with Crippen molar-refractivity contribution in [3.8, 4) is 0 Å². The monoisotopic (exact) mass is 313 g/mol. The Bertz CT molecular complexity index is 673. The predicted octanol–water partition coefficient (Wildman–Crippen LogP) is 2.77. The molecule has 1 amide bonds. The third-order valence-corrected chi connectivity index (χ3v) is 4.00. The number of fused-ring (bicyclic) bond motifs is 1. The Morgan fingerprint density at radius 3 is 2.33 bits per heavy atom. The van der Waals surface area contributed by atoms with E-state index in [-0.39, 0.29) is 10.6 Å². The van der Waals surface area contributed by atoms with Crippen LogP contribution < -0.4 is 5.32 Å². The molecule has 21 heavy (non-hydrogen) atoms. The van der Waals surface area contributed by atoms with Crippen molar-refractivity contribution in [1.29, 1.82) is 0 Å². The minimum absolute atomic E-state index is 0.0485. The number of carbonyl (C=O) groups excluding carboxylic acids is 1. The highest BCUT2D eigenvalue weighted by Crippen LogP contribution is 2.31. The van der Waals surface area contributed by atoms with Crippen molar-refractivity contribution in [2.24, 2.45) is 0 Å². The zero-order valence-corrected chi connectivity index (χ0v) is 13.1. The van der Waals surface area contributed by atoms with Crippen molar-refractivity contribution in [3.63, 3.8) is 0 Å². The summed E-state index contributed by atoms with van der Waals surface area (Å²) in [7, 11) is -4.41. The molecule has 7 heteroatoms. The fourth-order valence-electron chi connectivity index (χ4n) is 2.33. The van der Waals surface area contributed by atoms with Gasteiger partial charge >= 0.3 is 6.09 Å². The summed E-state index contributed by atoms with van der Waals surface area (Å²) in [6.45, 7) is 5.12. The maximum atomic E-state index is 11.8. The van der Waals surface area contributed by atoms with E-state index in [0.717, 1.165) is 30.4 Å². The SMILES string of the molecule is CC(C)(C)OC(=O)Nc1cc2c(cc1S(=O)(=O)O)CCC2. The highest BCUT2D eigenvalue weighted by atomic mass is 32.2. The van der Waals surface area contributed by atoms with Gasteiger partial charge in [0.05, 0.1) is 5.69 Å². The quantitative estimate of drug-likeness (QED) is 0.819. The van der Waals surface area contributed by atoms with Crippen molar-refractivity contribution in [2.75, 3.05) is 5.32 Å². The average Bonchev–Trinajstić information content (AvgIpc) is 2.70. The van der Waals surface area contributed by atoms with Crippen LogP contribution in [-0.4, -0.2) is 24.7 Å². The number of hydrogen-bond donors (Lipinski definition) is 2. The van der Waals surface area contributed by atoms with Gasteiger partial charge in [-0.05, 0) is 63.3 Å². The number of carbonyl (C=O) groups is 1. The van der Waals surface area contributed by atoms with Crippen molar-refractivity contribution >= 4 is 21.9 Å². The van der Waals surface area contributed by atoms with Gasteiger partial charge in [0, 0.05) is 0 Å². The lowest BCUT2D eigenvalue weighted by molar-refractivity contribution is 0.0635. The molecule has 116 valence electrons. The third-order valence-electron chi connectivity index (χ3n) is 3.11. The van der Waals surface area contributed by atoms with E-state index in [2.05, 4.69) is 5.32 Å². The van der Waals surface area contributed by atoms with Crippen LogP contribution in [0, 0.1) is 0 Å². The van der Waals surface area contributed by atoms with Crippen LogP contribution in [0.3, 0.4) is 0 Å². The molecular formula is C14H19NO5S. The maximum absolute atomic E-state index is 11.8. The number of benzene rings is 1. The summed E-state index contributed by atoms with van der Waals surface area (Å²) in [5, 5.41) is 2.40. The largest absolute Gasteiger partial charge is 0.444 e. The first-order valence-electron chi connectivity index (χ1n) is 6.69. The molecule has 0 saturated heterocycles. The zero-order valence-electron chi connectivity index (χ0n) is 12.3. The van der Waals surface area contributed by atoms with Gasteiger partial charge in [0.15, 0.2) is 0 Å². The summed E-state index contributed by atoms with van der Waals surface area (Å²) in [4.78, 5) is 11.5. The first kappa shape index (κ1) is 15.8. The fraction of sp³-hybridized carbons (Fsp3) is 0.500.